The Labute approximate surface area is 235 Å². The molecule has 12 heteroatoms. The molecule has 1 heterocycles. The second-order valence-electron chi connectivity index (χ2n) is 10.2. The van der Waals surface area contributed by atoms with Crippen LogP contribution in [-0.2, 0) is 30.7 Å². The summed E-state index contributed by atoms with van der Waals surface area (Å²) in [6, 6.07) is 15.4. The molecule has 0 aromatic heterocycles. The van der Waals surface area contributed by atoms with Gasteiger partial charge in [0.15, 0.2) is 9.84 Å². The molecule has 3 rings (SSSR count). The first kappa shape index (κ1) is 30.7. The van der Waals surface area contributed by atoms with Gasteiger partial charge in [-0.1, -0.05) is 36.4 Å². The lowest BCUT2D eigenvalue weighted by Crippen LogP contribution is -2.39. The number of benzene rings is 2. The molecule has 1 aliphatic rings. The van der Waals surface area contributed by atoms with Crippen LogP contribution >= 0.6 is 0 Å². The fraction of sp³-hybridized carbons (Fsp3) is 0.429. The van der Waals surface area contributed by atoms with E-state index in [9.17, 15) is 18.0 Å². The van der Waals surface area contributed by atoms with E-state index in [0.29, 0.717) is 25.5 Å². The van der Waals surface area contributed by atoms with Gasteiger partial charge in [0.1, 0.15) is 30.0 Å². The third kappa shape index (κ3) is 8.61. The first-order valence-electron chi connectivity index (χ1n) is 12.8. The number of likely N-dealkylation sites (N-methyl/N-ethyl adjacent to an activating group) is 1. The van der Waals surface area contributed by atoms with Crippen molar-refractivity contribution in [1.29, 1.82) is 5.26 Å². The highest BCUT2D eigenvalue weighted by molar-refractivity contribution is 7.91. The van der Waals surface area contributed by atoms with Crippen LogP contribution < -0.4 is 5.32 Å². The topological polar surface area (TPSA) is 141 Å². The van der Waals surface area contributed by atoms with Gasteiger partial charge in [0.2, 0.25) is 5.91 Å². The SMILES string of the molecule is CN(Cc1ccc(C2=NCCN2C(=O)OC(C)(C)C)cc1)C(=O)COCCNCS(=O)(=O)c1ccccc1C#N. The molecule has 0 bridgehead atoms. The number of carbonyl (C=O) groups excluding carboxylic acids is 2. The molecule has 0 unspecified atom stereocenters. The van der Waals surface area contributed by atoms with Crippen molar-refractivity contribution in [2.45, 2.75) is 37.8 Å². The second kappa shape index (κ2) is 13.5. The van der Waals surface area contributed by atoms with Crippen molar-refractivity contribution < 1.29 is 27.5 Å². The fourth-order valence-corrected chi connectivity index (χ4v) is 5.14. The quantitative estimate of drug-likeness (QED) is 0.407. The van der Waals surface area contributed by atoms with Crippen molar-refractivity contribution in [3.05, 3.63) is 65.2 Å². The molecule has 11 nitrogen and oxygen atoms in total. The lowest BCUT2D eigenvalue weighted by molar-refractivity contribution is -0.135. The van der Waals surface area contributed by atoms with Crippen molar-refractivity contribution >= 4 is 27.7 Å². The van der Waals surface area contributed by atoms with Crippen LogP contribution in [0.25, 0.3) is 0 Å². The van der Waals surface area contributed by atoms with E-state index < -0.39 is 21.5 Å². The molecule has 0 saturated carbocycles. The van der Waals surface area contributed by atoms with E-state index in [4.69, 9.17) is 14.7 Å². The summed E-state index contributed by atoms with van der Waals surface area (Å²) in [5.41, 5.74) is 1.18. The van der Waals surface area contributed by atoms with Gasteiger partial charge in [-0.3, -0.25) is 14.7 Å². The number of carbonyl (C=O) groups is 2. The summed E-state index contributed by atoms with van der Waals surface area (Å²) in [5.74, 6) is -0.00820. The average molecular weight is 570 g/mol. The van der Waals surface area contributed by atoms with Gasteiger partial charge in [-0.2, -0.15) is 5.26 Å². The average Bonchev–Trinajstić information content (AvgIpc) is 3.40. The number of nitrogens with one attached hydrogen (secondary N) is 1. The Morgan fingerprint density at radius 2 is 1.85 bits per heavy atom. The Bertz CT molecular complexity index is 1380. The Kier molecular flexibility index (Phi) is 10.4. The van der Waals surface area contributed by atoms with Crippen molar-refractivity contribution in [1.82, 2.24) is 15.1 Å². The zero-order chi connectivity index (χ0) is 29.3. The maximum absolute atomic E-state index is 12.5. The smallest absolute Gasteiger partial charge is 0.416 e. The minimum atomic E-state index is -3.68. The van der Waals surface area contributed by atoms with Crippen LogP contribution in [-0.4, -0.2) is 87.4 Å². The normalized spacial score (nSPS) is 13.5. The van der Waals surface area contributed by atoms with E-state index in [1.54, 1.807) is 19.2 Å². The minimum Gasteiger partial charge on any atom is -0.443 e. The van der Waals surface area contributed by atoms with Crippen LogP contribution in [0, 0.1) is 11.3 Å². The summed E-state index contributed by atoms with van der Waals surface area (Å²) in [6.07, 6.45) is -0.431. The number of nitriles is 1. The molecular formula is C28H35N5O6S. The molecule has 2 aromatic rings. The third-order valence-corrected chi connectivity index (χ3v) is 7.41. The van der Waals surface area contributed by atoms with Gasteiger partial charge in [-0.05, 0) is 38.5 Å². The van der Waals surface area contributed by atoms with Crippen molar-refractivity contribution in [2.75, 3.05) is 45.8 Å². The molecule has 0 fully saturated rings. The molecule has 2 aromatic carbocycles. The molecule has 0 aliphatic carbocycles. The Balaban J connectivity index is 1.41. The first-order valence-corrected chi connectivity index (χ1v) is 14.4. The molecule has 2 amide bonds. The van der Waals surface area contributed by atoms with Crippen LogP contribution in [0.5, 0.6) is 0 Å². The van der Waals surface area contributed by atoms with E-state index in [1.807, 2.05) is 51.1 Å². The molecule has 0 radical (unpaired) electrons. The zero-order valence-electron chi connectivity index (χ0n) is 23.2. The van der Waals surface area contributed by atoms with Crippen LogP contribution in [0.3, 0.4) is 0 Å². The summed E-state index contributed by atoms with van der Waals surface area (Å²) in [5, 5.41) is 11.9. The molecule has 214 valence electrons. The van der Waals surface area contributed by atoms with E-state index in [1.165, 1.54) is 21.9 Å². The van der Waals surface area contributed by atoms with E-state index >= 15 is 0 Å². The van der Waals surface area contributed by atoms with E-state index in [0.717, 1.165) is 11.1 Å². The van der Waals surface area contributed by atoms with Gasteiger partial charge in [0, 0.05) is 25.7 Å². The molecule has 0 spiro atoms. The van der Waals surface area contributed by atoms with Gasteiger partial charge >= 0.3 is 6.09 Å². The number of nitrogens with zero attached hydrogens (tertiary/aromatic N) is 4. The number of ether oxygens (including phenoxy) is 2. The summed E-state index contributed by atoms with van der Waals surface area (Å²) in [6.45, 7) is 6.99. The van der Waals surface area contributed by atoms with Gasteiger partial charge in [-0.15, -0.1) is 0 Å². The van der Waals surface area contributed by atoms with Crippen LogP contribution in [0.2, 0.25) is 0 Å². The van der Waals surface area contributed by atoms with Crippen LogP contribution in [0.15, 0.2) is 58.4 Å². The van der Waals surface area contributed by atoms with Gasteiger partial charge in [0.25, 0.3) is 0 Å². The number of amides is 2. The predicted octanol–water partition coefficient (Wildman–Crippen LogP) is 2.55. The number of aliphatic imine (C=N–C) groups is 1. The maximum Gasteiger partial charge on any atom is 0.416 e. The number of hydrogen-bond acceptors (Lipinski definition) is 9. The molecule has 1 N–H and O–H groups in total. The van der Waals surface area contributed by atoms with Gasteiger partial charge < -0.3 is 19.7 Å². The summed E-state index contributed by atoms with van der Waals surface area (Å²) < 4.78 is 35.8. The lowest BCUT2D eigenvalue weighted by atomic mass is 10.1. The van der Waals surface area contributed by atoms with E-state index in [-0.39, 0.29) is 42.0 Å². The molecular weight excluding hydrogens is 534 g/mol. The maximum atomic E-state index is 12.5. The number of rotatable bonds is 11. The first-order chi connectivity index (χ1) is 18.9. The lowest BCUT2D eigenvalue weighted by Gasteiger charge is -2.25. The molecule has 1 aliphatic heterocycles. The number of sulfone groups is 1. The van der Waals surface area contributed by atoms with E-state index in [2.05, 4.69) is 10.3 Å². The third-order valence-electron chi connectivity index (χ3n) is 5.80. The van der Waals surface area contributed by atoms with Crippen LogP contribution in [0.4, 0.5) is 4.79 Å². The van der Waals surface area contributed by atoms with Crippen molar-refractivity contribution in [2.24, 2.45) is 4.99 Å². The summed E-state index contributed by atoms with van der Waals surface area (Å²) >= 11 is 0. The highest BCUT2D eigenvalue weighted by Crippen LogP contribution is 2.18. The Morgan fingerprint density at radius 3 is 2.52 bits per heavy atom. The Morgan fingerprint density at radius 1 is 1.15 bits per heavy atom. The monoisotopic (exact) mass is 569 g/mol. The zero-order valence-corrected chi connectivity index (χ0v) is 24.0. The number of hydrogen-bond donors (Lipinski definition) is 1. The Hall–Kier alpha value is -3.79. The predicted molar refractivity (Wildman–Crippen MR) is 149 cm³/mol. The fourth-order valence-electron chi connectivity index (χ4n) is 3.84. The summed E-state index contributed by atoms with van der Waals surface area (Å²) in [4.78, 5) is 32.5. The number of amidine groups is 1. The summed E-state index contributed by atoms with van der Waals surface area (Å²) in [7, 11) is -2.01. The molecule has 40 heavy (non-hydrogen) atoms. The largest absolute Gasteiger partial charge is 0.443 e. The van der Waals surface area contributed by atoms with Crippen molar-refractivity contribution in [3.8, 4) is 6.07 Å². The minimum absolute atomic E-state index is 0.0210. The standard InChI is InChI=1S/C28H35N5O6S/c1-28(2,3)39-27(35)33-15-13-31-26(33)22-11-9-21(10-12-22)18-32(4)25(34)19-38-16-14-30-20-40(36,37)24-8-6-5-7-23(24)17-29/h5-12,30H,13-16,18-20H2,1-4H3. The van der Waals surface area contributed by atoms with Gasteiger partial charge in [-0.25, -0.2) is 13.2 Å². The second-order valence-corrected chi connectivity index (χ2v) is 12.2. The highest BCUT2D eigenvalue weighted by atomic mass is 32.2. The molecule has 0 atom stereocenters. The molecule has 0 saturated heterocycles. The van der Waals surface area contributed by atoms with Crippen LogP contribution in [0.1, 0.15) is 37.5 Å². The highest BCUT2D eigenvalue weighted by Gasteiger charge is 2.29. The van der Waals surface area contributed by atoms with Crippen molar-refractivity contribution in [3.63, 3.8) is 0 Å². The van der Waals surface area contributed by atoms with Gasteiger partial charge in [0.05, 0.1) is 30.2 Å².